The Balaban J connectivity index is 0.000000433. The summed E-state index contributed by atoms with van der Waals surface area (Å²) in [5.41, 5.74) is 17.5. The van der Waals surface area contributed by atoms with Gasteiger partial charge < -0.3 is 37.3 Å². The number of unbranched alkanes of at least 4 members (excludes halogenated alkanes) is 1. The molecule has 0 saturated carbocycles. The third kappa shape index (κ3) is 9.15. The number of aliphatic hydroxyl groups excluding tert-OH is 1. The highest BCUT2D eigenvalue weighted by Gasteiger charge is 2.29. The van der Waals surface area contributed by atoms with Crippen molar-refractivity contribution in [2.45, 2.75) is 41.6 Å². The van der Waals surface area contributed by atoms with E-state index in [4.69, 9.17) is 32.2 Å². The number of hydrogen-bond acceptors (Lipinski definition) is 8. The van der Waals surface area contributed by atoms with Gasteiger partial charge in [0.15, 0.2) is 6.10 Å². The summed E-state index contributed by atoms with van der Waals surface area (Å²) in [6.45, 7) is 0.604. The van der Waals surface area contributed by atoms with Crippen LogP contribution in [0, 0.1) is 0 Å². The van der Waals surface area contributed by atoms with Crippen LogP contribution in [0.5, 0.6) is 5.75 Å². The number of carbonyl (C=O) groups is 2. The number of aliphatic carboxylic acids is 2. The maximum Gasteiger partial charge on any atom is 0.334 e. The Labute approximate surface area is 191 Å². The minimum absolute atomic E-state index is 0.520. The van der Waals surface area contributed by atoms with Gasteiger partial charge in [-0.25, -0.2) is 4.79 Å². The Morgan fingerprint density at radius 1 is 1.03 bits per heavy atom. The van der Waals surface area contributed by atoms with Gasteiger partial charge >= 0.3 is 11.9 Å². The van der Waals surface area contributed by atoms with Crippen molar-refractivity contribution in [2.75, 3.05) is 19.4 Å². The number of ether oxygens (including phenoxy) is 1. The Morgan fingerprint density at radius 2 is 1.66 bits per heavy atom. The van der Waals surface area contributed by atoms with Gasteiger partial charge in [0.25, 0.3) is 0 Å². The lowest BCUT2D eigenvalue weighted by Crippen LogP contribution is -2.29. The number of benzene rings is 2. The van der Waals surface area contributed by atoms with Crippen molar-refractivity contribution in [1.82, 2.24) is 0 Å². The van der Waals surface area contributed by atoms with Gasteiger partial charge in [-0.15, -0.1) is 11.8 Å². The average molecular weight is 466 g/mol. The van der Waals surface area contributed by atoms with E-state index in [9.17, 15) is 14.7 Å². The number of thioether (sulfide) groups is 1. The molecule has 10 heteroatoms. The Hall–Kier alpha value is -2.79. The molecule has 176 valence electrons. The van der Waals surface area contributed by atoms with Crippen molar-refractivity contribution in [3.8, 4) is 5.75 Å². The minimum Gasteiger partial charge on any atom is -0.497 e. The first kappa shape index (κ1) is 27.2. The summed E-state index contributed by atoms with van der Waals surface area (Å²) in [5.74, 6) is -1.55. The summed E-state index contributed by atoms with van der Waals surface area (Å²) in [6, 6.07) is 13.4. The van der Waals surface area contributed by atoms with Crippen LogP contribution in [0.3, 0.4) is 0 Å². The van der Waals surface area contributed by atoms with Crippen molar-refractivity contribution in [3.63, 3.8) is 0 Å². The third-order valence-electron chi connectivity index (χ3n) is 4.44. The van der Waals surface area contributed by atoms with Gasteiger partial charge in [-0.3, -0.25) is 4.79 Å². The van der Waals surface area contributed by atoms with Gasteiger partial charge in [0.05, 0.1) is 12.4 Å². The first-order valence-electron chi connectivity index (χ1n) is 9.95. The van der Waals surface area contributed by atoms with Crippen LogP contribution in [-0.4, -0.2) is 53.1 Å². The Bertz CT molecular complexity index is 850. The molecular formula is C22H31N3O6S. The van der Waals surface area contributed by atoms with Crippen molar-refractivity contribution >= 4 is 29.4 Å². The van der Waals surface area contributed by atoms with Gasteiger partial charge in [-0.05, 0) is 49.2 Å². The summed E-state index contributed by atoms with van der Waals surface area (Å²) < 4.78 is 5.09. The van der Waals surface area contributed by atoms with Crippen LogP contribution in [0.1, 0.15) is 30.1 Å². The fourth-order valence-electron chi connectivity index (χ4n) is 2.59. The Kier molecular flexibility index (Phi) is 12.2. The molecule has 2 aromatic rings. The van der Waals surface area contributed by atoms with Crippen molar-refractivity contribution in [2.24, 2.45) is 11.5 Å². The van der Waals surface area contributed by atoms with E-state index in [0.29, 0.717) is 30.0 Å². The molecule has 0 aromatic heterocycles. The average Bonchev–Trinajstić information content (AvgIpc) is 2.78. The van der Waals surface area contributed by atoms with Crippen LogP contribution in [-0.2, 0) is 9.59 Å². The fourth-order valence-corrected chi connectivity index (χ4v) is 3.77. The monoisotopic (exact) mass is 465 g/mol. The maximum absolute atomic E-state index is 11.2. The number of rotatable bonds is 11. The molecule has 0 heterocycles. The highest BCUT2D eigenvalue weighted by molar-refractivity contribution is 7.99. The lowest BCUT2D eigenvalue weighted by atomic mass is 10.1. The van der Waals surface area contributed by atoms with E-state index >= 15 is 0 Å². The van der Waals surface area contributed by atoms with Crippen LogP contribution in [0.2, 0.25) is 0 Å². The molecule has 0 amide bonds. The van der Waals surface area contributed by atoms with Gasteiger partial charge in [-0.1, -0.05) is 30.7 Å². The number of hydrogen-bond donors (Lipinski definition) is 6. The van der Waals surface area contributed by atoms with Gasteiger partial charge in [-0.2, -0.15) is 0 Å². The normalized spacial score (nSPS) is 13.2. The molecule has 0 bridgehead atoms. The van der Waals surface area contributed by atoms with Crippen molar-refractivity contribution < 1.29 is 29.6 Å². The van der Waals surface area contributed by atoms with Crippen LogP contribution in [0.15, 0.2) is 53.4 Å². The van der Waals surface area contributed by atoms with Crippen molar-refractivity contribution in [3.05, 3.63) is 54.1 Å². The molecule has 2 aromatic carbocycles. The molecule has 0 saturated heterocycles. The second kappa shape index (κ2) is 14.3. The molecule has 3 atom stereocenters. The summed E-state index contributed by atoms with van der Waals surface area (Å²) >= 11 is 1.22. The van der Waals surface area contributed by atoms with Crippen LogP contribution in [0.25, 0.3) is 0 Å². The zero-order valence-electron chi connectivity index (χ0n) is 17.9. The molecule has 0 aliphatic carbocycles. The van der Waals surface area contributed by atoms with Gasteiger partial charge in [0.2, 0.25) is 0 Å². The number of para-hydroxylation sites is 1. The standard InChI is InChI=1S/C16H17NO4S.C6H14N2O2/c1-21-11-8-6-10(7-9-11)15(14(18)16(19)20)22-13-5-3-2-4-12(13)17;7-4-2-1-3-5(8)6(9)10/h2-9,14-15,18H,17H2,1H3,(H,19,20);5H,1-4,7-8H2,(H,9,10)/t;5-/m.0/s1. The molecule has 0 spiro atoms. The van der Waals surface area contributed by atoms with E-state index in [1.54, 1.807) is 49.6 Å². The number of methoxy groups -OCH3 is 1. The number of carboxylic acid groups (broad SMARTS) is 2. The predicted molar refractivity (Wildman–Crippen MR) is 125 cm³/mol. The molecule has 0 radical (unpaired) electrons. The zero-order valence-corrected chi connectivity index (χ0v) is 18.7. The smallest absolute Gasteiger partial charge is 0.334 e. The topological polar surface area (TPSA) is 182 Å². The van der Waals surface area contributed by atoms with E-state index in [1.165, 1.54) is 11.8 Å². The summed E-state index contributed by atoms with van der Waals surface area (Å²) in [7, 11) is 1.55. The van der Waals surface area contributed by atoms with Crippen LogP contribution in [0.4, 0.5) is 5.69 Å². The Morgan fingerprint density at radius 3 is 2.16 bits per heavy atom. The molecule has 9 nitrogen and oxygen atoms in total. The first-order valence-corrected chi connectivity index (χ1v) is 10.8. The second-order valence-electron chi connectivity index (χ2n) is 6.86. The van der Waals surface area contributed by atoms with E-state index in [1.807, 2.05) is 6.07 Å². The summed E-state index contributed by atoms with van der Waals surface area (Å²) in [6.07, 6.45) is 0.621. The van der Waals surface area contributed by atoms with Crippen LogP contribution >= 0.6 is 11.8 Å². The second-order valence-corrected chi connectivity index (χ2v) is 8.05. The quantitative estimate of drug-likeness (QED) is 0.163. The summed E-state index contributed by atoms with van der Waals surface area (Å²) in [4.78, 5) is 22.1. The minimum atomic E-state index is -1.54. The number of nitrogens with two attached hydrogens (primary N) is 3. The van der Waals surface area contributed by atoms with Crippen LogP contribution < -0.4 is 21.9 Å². The largest absolute Gasteiger partial charge is 0.497 e. The first-order chi connectivity index (χ1) is 15.2. The van der Waals surface area contributed by atoms with Gasteiger partial charge in [0.1, 0.15) is 11.8 Å². The van der Waals surface area contributed by atoms with E-state index < -0.39 is 29.3 Å². The lowest BCUT2D eigenvalue weighted by Gasteiger charge is -2.21. The predicted octanol–water partition coefficient (Wildman–Crippen LogP) is 2.08. The van der Waals surface area contributed by atoms with Gasteiger partial charge in [0, 0.05) is 10.6 Å². The number of carboxylic acids is 2. The maximum atomic E-state index is 11.2. The highest BCUT2D eigenvalue weighted by atomic mass is 32.2. The van der Waals surface area contributed by atoms with E-state index in [2.05, 4.69) is 0 Å². The SMILES string of the molecule is COc1ccc(C(Sc2ccccc2N)C(O)C(=O)O)cc1.NCCCC[C@H](N)C(=O)O. The number of anilines is 1. The molecule has 0 aliphatic heterocycles. The number of nitrogen functional groups attached to an aromatic ring is 1. The molecule has 2 rings (SSSR count). The third-order valence-corrected chi connectivity index (χ3v) is 5.85. The molecule has 32 heavy (non-hydrogen) atoms. The number of aliphatic hydroxyl groups is 1. The fraction of sp³-hybridized carbons (Fsp3) is 0.364. The highest BCUT2D eigenvalue weighted by Crippen LogP contribution is 2.40. The van der Waals surface area contributed by atoms with E-state index in [-0.39, 0.29) is 0 Å². The van der Waals surface area contributed by atoms with Crippen molar-refractivity contribution in [1.29, 1.82) is 0 Å². The van der Waals surface area contributed by atoms with E-state index in [0.717, 1.165) is 17.7 Å². The molecule has 2 unspecified atom stereocenters. The lowest BCUT2D eigenvalue weighted by molar-refractivity contribution is -0.146. The molecule has 9 N–H and O–H groups in total. The molecular weight excluding hydrogens is 434 g/mol. The zero-order chi connectivity index (χ0) is 24.1. The molecule has 0 aliphatic rings. The summed E-state index contributed by atoms with van der Waals surface area (Å²) in [5, 5.41) is 26.8. The molecule has 0 fully saturated rings.